The molecule has 0 N–H and O–H groups in total. The van der Waals surface area contributed by atoms with Gasteiger partial charge in [-0.05, 0) is 30.3 Å². The number of hydrogen-bond acceptors (Lipinski definition) is 5. The summed E-state index contributed by atoms with van der Waals surface area (Å²) >= 11 is 0. The first kappa shape index (κ1) is 13.4. The van der Waals surface area contributed by atoms with Crippen LogP contribution in [0.5, 0.6) is 0 Å². The monoisotopic (exact) mass is 239 g/mol. The minimum atomic E-state index is 1.50. The van der Waals surface area contributed by atoms with Gasteiger partial charge in [-0.1, -0.05) is 6.07 Å². The Morgan fingerprint density at radius 1 is 0.389 bits per heavy atom. The third kappa shape index (κ3) is 8.60. The van der Waals surface area contributed by atoms with Crippen LogP contribution in [0.15, 0.2) is 79.9 Å². The van der Waals surface area contributed by atoms with Crippen LogP contribution in [-0.4, -0.2) is 25.1 Å². The lowest BCUT2D eigenvalue weighted by Gasteiger charge is -1.70. The zero-order chi connectivity index (χ0) is 12.7. The van der Waals surface area contributed by atoms with Crippen molar-refractivity contribution < 1.29 is 0 Å². The summed E-state index contributed by atoms with van der Waals surface area (Å²) in [4.78, 5) is 11.1. The van der Waals surface area contributed by atoms with Crippen molar-refractivity contribution in [3.05, 3.63) is 79.9 Å². The molecule has 5 heteroatoms. The second-order valence-corrected chi connectivity index (χ2v) is 2.84. The standard InChI is InChI=1S/C5H5N.2C4H4N2/c1-2-4-6-5-3-1;1-2-5-4-6-3-1;1-2-4-6-5-3-1/h1-5H;2*1-4H. The van der Waals surface area contributed by atoms with Crippen LogP contribution < -0.4 is 0 Å². The average Bonchev–Trinajstić information content (AvgIpc) is 2.54. The van der Waals surface area contributed by atoms with Gasteiger partial charge in [0.25, 0.3) is 0 Å². The van der Waals surface area contributed by atoms with E-state index in [9.17, 15) is 0 Å². The van der Waals surface area contributed by atoms with E-state index in [4.69, 9.17) is 0 Å². The molecule has 3 heterocycles. The Morgan fingerprint density at radius 3 is 1.06 bits per heavy atom. The van der Waals surface area contributed by atoms with E-state index in [0.29, 0.717) is 0 Å². The van der Waals surface area contributed by atoms with E-state index in [1.807, 2.05) is 30.3 Å². The molecule has 0 saturated heterocycles. The zero-order valence-electron chi connectivity index (χ0n) is 9.74. The number of nitrogens with zero attached hydrogens (tertiary/aromatic N) is 5. The fraction of sp³-hybridized carbons (Fsp3) is 0. The maximum absolute atomic E-state index is 3.78. The van der Waals surface area contributed by atoms with Crippen molar-refractivity contribution in [1.82, 2.24) is 25.1 Å². The molecular formula is C13H13N5. The van der Waals surface area contributed by atoms with Gasteiger partial charge in [-0.25, -0.2) is 9.97 Å². The molecule has 3 aromatic rings. The molecule has 0 unspecified atom stereocenters. The van der Waals surface area contributed by atoms with Crippen molar-refractivity contribution in [1.29, 1.82) is 0 Å². The third-order valence-electron chi connectivity index (χ3n) is 1.53. The minimum absolute atomic E-state index is 1.50. The molecule has 0 radical (unpaired) electrons. The van der Waals surface area contributed by atoms with Crippen LogP contribution in [-0.2, 0) is 0 Å². The second kappa shape index (κ2) is 10.8. The van der Waals surface area contributed by atoms with Crippen LogP contribution >= 0.6 is 0 Å². The van der Waals surface area contributed by atoms with Gasteiger partial charge in [0.1, 0.15) is 6.33 Å². The number of hydrogen-bond donors (Lipinski definition) is 0. The van der Waals surface area contributed by atoms with Crippen LogP contribution in [0, 0.1) is 0 Å². The van der Waals surface area contributed by atoms with E-state index in [1.54, 1.807) is 43.2 Å². The van der Waals surface area contributed by atoms with E-state index < -0.39 is 0 Å². The molecule has 3 aromatic heterocycles. The number of aromatic nitrogens is 5. The van der Waals surface area contributed by atoms with Gasteiger partial charge in [-0.2, -0.15) is 10.2 Å². The predicted octanol–water partition coefficient (Wildman–Crippen LogP) is 2.03. The van der Waals surface area contributed by atoms with E-state index in [-0.39, 0.29) is 0 Å². The Hall–Kier alpha value is -2.69. The molecule has 5 nitrogen and oxygen atoms in total. The van der Waals surface area contributed by atoms with Gasteiger partial charge < -0.3 is 0 Å². The van der Waals surface area contributed by atoms with Crippen LogP contribution in [0.2, 0.25) is 0 Å². The number of rotatable bonds is 0. The third-order valence-corrected chi connectivity index (χ3v) is 1.53. The molecule has 0 saturated carbocycles. The fourth-order valence-electron chi connectivity index (χ4n) is 0.819. The highest BCUT2D eigenvalue weighted by Gasteiger charge is 1.60. The van der Waals surface area contributed by atoms with Crippen LogP contribution in [0.4, 0.5) is 0 Å². The molecule has 0 spiro atoms. The molecule has 0 aliphatic heterocycles. The van der Waals surface area contributed by atoms with Gasteiger partial charge >= 0.3 is 0 Å². The maximum atomic E-state index is 3.78. The van der Waals surface area contributed by atoms with Gasteiger partial charge in [0.15, 0.2) is 0 Å². The van der Waals surface area contributed by atoms with Gasteiger partial charge in [0.2, 0.25) is 0 Å². The van der Waals surface area contributed by atoms with E-state index >= 15 is 0 Å². The zero-order valence-corrected chi connectivity index (χ0v) is 9.74. The van der Waals surface area contributed by atoms with Crippen molar-refractivity contribution in [3.8, 4) is 0 Å². The molecular weight excluding hydrogens is 226 g/mol. The molecule has 18 heavy (non-hydrogen) atoms. The van der Waals surface area contributed by atoms with E-state index in [2.05, 4.69) is 25.1 Å². The van der Waals surface area contributed by atoms with Crippen molar-refractivity contribution in [2.75, 3.05) is 0 Å². The topological polar surface area (TPSA) is 64.5 Å². The summed E-state index contributed by atoms with van der Waals surface area (Å²) in [6.07, 6.45) is 11.7. The molecule has 0 aliphatic carbocycles. The van der Waals surface area contributed by atoms with Crippen molar-refractivity contribution >= 4 is 0 Å². The van der Waals surface area contributed by atoms with Crippen LogP contribution in [0.25, 0.3) is 0 Å². The Labute approximate surface area is 106 Å². The fourth-order valence-corrected chi connectivity index (χ4v) is 0.819. The second-order valence-electron chi connectivity index (χ2n) is 2.84. The maximum Gasteiger partial charge on any atom is 0.115 e. The lowest BCUT2D eigenvalue weighted by atomic mass is 10.5. The molecule has 0 fully saturated rings. The van der Waals surface area contributed by atoms with Crippen LogP contribution in [0.3, 0.4) is 0 Å². The highest BCUT2D eigenvalue weighted by atomic mass is 15.1. The molecule has 90 valence electrons. The lowest BCUT2D eigenvalue weighted by molar-refractivity contribution is 1.03. The van der Waals surface area contributed by atoms with Crippen molar-refractivity contribution in [2.24, 2.45) is 0 Å². The van der Waals surface area contributed by atoms with E-state index in [0.717, 1.165) is 0 Å². The van der Waals surface area contributed by atoms with Gasteiger partial charge in [-0.3, -0.25) is 4.98 Å². The summed E-state index contributed by atoms with van der Waals surface area (Å²) in [5, 5.41) is 7.07. The quantitative estimate of drug-likeness (QED) is 0.600. The van der Waals surface area contributed by atoms with Gasteiger partial charge in [0, 0.05) is 37.2 Å². The SMILES string of the molecule is c1ccncc1.c1ccnnc1.c1cncnc1. The van der Waals surface area contributed by atoms with Gasteiger partial charge in [0.05, 0.1) is 0 Å². The Balaban J connectivity index is 0.000000135. The smallest absolute Gasteiger partial charge is 0.115 e. The molecule has 0 aromatic carbocycles. The first-order valence-electron chi connectivity index (χ1n) is 5.27. The first-order valence-corrected chi connectivity index (χ1v) is 5.27. The largest absolute Gasteiger partial charge is 0.265 e. The van der Waals surface area contributed by atoms with Crippen molar-refractivity contribution in [3.63, 3.8) is 0 Å². The summed E-state index contributed by atoms with van der Waals surface area (Å²) in [6, 6.07) is 11.1. The Kier molecular flexibility index (Phi) is 8.04. The first-order chi connectivity index (χ1) is 9.00. The predicted molar refractivity (Wildman–Crippen MR) is 68.3 cm³/mol. The summed E-state index contributed by atoms with van der Waals surface area (Å²) in [6.45, 7) is 0. The summed E-state index contributed by atoms with van der Waals surface area (Å²) in [5.74, 6) is 0. The summed E-state index contributed by atoms with van der Waals surface area (Å²) in [5.41, 5.74) is 0. The minimum Gasteiger partial charge on any atom is -0.265 e. The van der Waals surface area contributed by atoms with Gasteiger partial charge in [-0.15, -0.1) is 0 Å². The average molecular weight is 239 g/mol. The van der Waals surface area contributed by atoms with E-state index in [1.165, 1.54) is 6.33 Å². The molecule has 0 aliphatic rings. The highest BCUT2D eigenvalue weighted by Crippen LogP contribution is 1.73. The van der Waals surface area contributed by atoms with Crippen LogP contribution in [0.1, 0.15) is 0 Å². The molecule has 0 amide bonds. The summed E-state index contributed by atoms with van der Waals surface area (Å²) < 4.78 is 0. The number of pyridine rings is 1. The highest BCUT2D eigenvalue weighted by molar-refractivity contribution is 4.88. The molecule has 0 bridgehead atoms. The molecule has 3 rings (SSSR count). The Morgan fingerprint density at radius 2 is 0.889 bits per heavy atom. The Bertz CT molecular complexity index is 306. The normalized spacial score (nSPS) is 8.00. The summed E-state index contributed by atoms with van der Waals surface area (Å²) in [7, 11) is 0. The lowest BCUT2D eigenvalue weighted by Crippen LogP contribution is -1.69. The van der Waals surface area contributed by atoms with Crippen molar-refractivity contribution in [2.45, 2.75) is 0 Å². The molecule has 0 atom stereocenters.